The molecule has 3 rings (SSSR count). The number of hydrogen-bond donors (Lipinski definition) is 1. The third-order valence-corrected chi connectivity index (χ3v) is 4.76. The first-order valence-electron chi connectivity index (χ1n) is 8.10. The molecule has 6 heteroatoms. The number of nitrogens with zero attached hydrogens (tertiary/aromatic N) is 1. The molecule has 128 valence electrons. The molecular formula is C19H18N2O3S. The SMILES string of the molecule is CCCNC(=O)CN1C(=O)S/C(=C\c2cccc3ccccc23)C1=O. The van der Waals surface area contributed by atoms with Crippen LogP contribution in [0, 0.1) is 0 Å². The normalized spacial score (nSPS) is 16.0. The fourth-order valence-corrected chi connectivity index (χ4v) is 3.45. The minimum Gasteiger partial charge on any atom is -0.355 e. The van der Waals surface area contributed by atoms with Crippen molar-refractivity contribution in [2.75, 3.05) is 13.1 Å². The number of rotatable bonds is 5. The molecule has 1 heterocycles. The third kappa shape index (κ3) is 3.74. The topological polar surface area (TPSA) is 66.5 Å². The van der Waals surface area contributed by atoms with Gasteiger partial charge in [0.1, 0.15) is 6.54 Å². The molecule has 1 saturated heterocycles. The van der Waals surface area contributed by atoms with Gasteiger partial charge in [-0.2, -0.15) is 0 Å². The van der Waals surface area contributed by atoms with Crippen molar-refractivity contribution in [3.8, 4) is 0 Å². The summed E-state index contributed by atoms with van der Waals surface area (Å²) in [6.07, 6.45) is 2.52. The van der Waals surface area contributed by atoms with Crippen LogP contribution in [0.25, 0.3) is 16.8 Å². The number of fused-ring (bicyclic) bond motifs is 1. The molecule has 0 atom stereocenters. The largest absolute Gasteiger partial charge is 0.355 e. The van der Waals surface area contributed by atoms with Crippen molar-refractivity contribution in [2.24, 2.45) is 0 Å². The van der Waals surface area contributed by atoms with Crippen molar-refractivity contribution in [2.45, 2.75) is 13.3 Å². The summed E-state index contributed by atoms with van der Waals surface area (Å²) in [4.78, 5) is 37.7. The lowest BCUT2D eigenvalue weighted by Crippen LogP contribution is -2.39. The number of nitrogens with one attached hydrogen (secondary N) is 1. The Balaban J connectivity index is 1.84. The molecule has 0 saturated carbocycles. The van der Waals surface area contributed by atoms with Crippen LogP contribution in [-0.4, -0.2) is 35.0 Å². The lowest BCUT2D eigenvalue weighted by Gasteiger charge is -2.11. The second kappa shape index (κ2) is 7.53. The maximum atomic E-state index is 12.5. The van der Waals surface area contributed by atoms with Crippen LogP contribution in [0.4, 0.5) is 4.79 Å². The maximum Gasteiger partial charge on any atom is 0.294 e. The molecule has 2 aromatic carbocycles. The number of thioether (sulfide) groups is 1. The first kappa shape index (κ1) is 17.2. The summed E-state index contributed by atoms with van der Waals surface area (Å²) in [7, 11) is 0. The van der Waals surface area contributed by atoms with Gasteiger partial charge in [-0.05, 0) is 40.6 Å². The van der Waals surface area contributed by atoms with E-state index in [1.165, 1.54) is 0 Å². The molecule has 1 aliphatic heterocycles. The van der Waals surface area contributed by atoms with E-state index >= 15 is 0 Å². The minimum absolute atomic E-state index is 0.239. The van der Waals surface area contributed by atoms with Gasteiger partial charge in [0.2, 0.25) is 5.91 Å². The van der Waals surface area contributed by atoms with Gasteiger partial charge >= 0.3 is 0 Å². The summed E-state index contributed by atoms with van der Waals surface area (Å²) in [5.74, 6) is -0.745. The van der Waals surface area contributed by atoms with E-state index in [9.17, 15) is 14.4 Å². The van der Waals surface area contributed by atoms with Crippen LogP contribution in [0.1, 0.15) is 18.9 Å². The van der Waals surface area contributed by atoms with E-state index in [4.69, 9.17) is 0 Å². The number of benzene rings is 2. The molecule has 0 unspecified atom stereocenters. The zero-order valence-corrected chi connectivity index (χ0v) is 14.6. The summed E-state index contributed by atoms with van der Waals surface area (Å²) < 4.78 is 0. The van der Waals surface area contributed by atoms with Gasteiger partial charge in [0.05, 0.1) is 4.91 Å². The van der Waals surface area contributed by atoms with Gasteiger partial charge in [-0.15, -0.1) is 0 Å². The zero-order valence-electron chi connectivity index (χ0n) is 13.8. The molecule has 0 spiro atoms. The second-order valence-electron chi connectivity index (χ2n) is 5.69. The monoisotopic (exact) mass is 354 g/mol. The predicted molar refractivity (Wildman–Crippen MR) is 99.9 cm³/mol. The summed E-state index contributed by atoms with van der Waals surface area (Å²) in [5, 5.41) is 4.34. The van der Waals surface area contributed by atoms with Crippen molar-refractivity contribution in [1.29, 1.82) is 0 Å². The van der Waals surface area contributed by atoms with E-state index in [1.54, 1.807) is 6.08 Å². The van der Waals surface area contributed by atoms with Crippen LogP contribution in [0.2, 0.25) is 0 Å². The van der Waals surface area contributed by atoms with E-state index < -0.39 is 11.1 Å². The predicted octanol–water partition coefficient (Wildman–Crippen LogP) is 3.40. The molecular weight excluding hydrogens is 336 g/mol. The van der Waals surface area contributed by atoms with Crippen LogP contribution >= 0.6 is 11.8 Å². The Bertz CT molecular complexity index is 871. The van der Waals surface area contributed by atoms with Crippen molar-refractivity contribution in [3.05, 3.63) is 52.9 Å². The van der Waals surface area contributed by atoms with Crippen molar-refractivity contribution in [1.82, 2.24) is 10.2 Å². The van der Waals surface area contributed by atoms with Crippen molar-refractivity contribution >= 4 is 45.7 Å². The summed E-state index contributed by atoms with van der Waals surface area (Å²) in [5.41, 5.74) is 0.874. The van der Waals surface area contributed by atoms with Gasteiger partial charge in [0.15, 0.2) is 0 Å². The lowest BCUT2D eigenvalue weighted by atomic mass is 10.0. The number of carbonyl (C=O) groups excluding carboxylic acids is 3. The van der Waals surface area contributed by atoms with Crippen LogP contribution in [0.5, 0.6) is 0 Å². The Hall–Kier alpha value is -2.60. The van der Waals surface area contributed by atoms with E-state index in [2.05, 4.69) is 5.32 Å². The molecule has 0 aromatic heterocycles. The molecule has 0 aliphatic carbocycles. The number of carbonyl (C=O) groups is 3. The number of amides is 3. The summed E-state index contributed by atoms with van der Waals surface area (Å²) in [6.45, 7) is 2.23. The van der Waals surface area contributed by atoms with Crippen LogP contribution in [-0.2, 0) is 9.59 Å². The highest BCUT2D eigenvalue weighted by Gasteiger charge is 2.36. The smallest absolute Gasteiger partial charge is 0.294 e. The maximum absolute atomic E-state index is 12.5. The molecule has 3 amide bonds. The molecule has 1 aliphatic rings. The average molecular weight is 354 g/mol. The Morgan fingerprint density at radius 1 is 1.16 bits per heavy atom. The standard InChI is InChI=1S/C19H18N2O3S/c1-2-10-20-17(22)12-21-18(23)16(25-19(21)24)11-14-8-5-7-13-6-3-4-9-15(13)14/h3-9,11H,2,10,12H2,1H3,(H,20,22)/b16-11-. The van der Waals surface area contributed by atoms with E-state index in [1.807, 2.05) is 49.4 Å². The van der Waals surface area contributed by atoms with Gasteiger partial charge in [-0.25, -0.2) is 0 Å². The van der Waals surface area contributed by atoms with Crippen LogP contribution in [0.3, 0.4) is 0 Å². The Labute approximate surface area is 150 Å². The quantitative estimate of drug-likeness (QED) is 0.836. The third-order valence-electron chi connectivity index (χ3n) is 3.86. The molecule has 0 radical (unpaired) electrons. The minimum atomic E-state index is -0.422. The fourth-order valence-electron chi connectivity index (χ4n) is 2.62. The van der Waals surface area contributed by atoms with Gasteiger partial charge in [0, 0.05) is 6.54 Å². The van der Waals surface area contributed by atoms with Gasteiger partial charge in [-0.3, -0.25) is 19.3 Å². The van der Waals surface area contributed by atoms with Gasteiger partial charge in [-0.1, -0.05) is 49.4 Å². The highest BCUT2D eigenvalue weighted by atomic mass is 32.2. The van der Waals surface area contributed by atoms with E-state index in [-0.39, 0.29) is 12.5 Å². The van der Waals surface area contributed by atoms with Crippen molar-refractivity contribution < 1.29 is 14.4 Å². The molecule has 5 nitrogen and oxygen atoms in total. The van der Waals surface area contributed by atoms with Crippen LogP contribution in [0.15, 0.2) is 47.4 Å². The average Bonchev–Trinajstić information content (AvgIpc) is 2.88. The first-order chi connectivity index (χ1) is 12.1. The summed E-state index contributed by atoms with van der Waals surface area (Å²) >= 11 is 0.870. The van der Waals surface area contributed by atoms with Gasteiger partial charge in [0.25, 0.3) is 11.1 Å². The van der Waals surface area contributed by atoms with E-state index in [0.29, 0.717) is 11.4 Å². The van der Waals surface area contributed by atoms with E-state index in [0.717, 1.165) is 39.4 Å². The Morgan fingerprint density at radius 2 is 1.92 bits per heavy atom. The fraction of sp³-hybridized carbons (Fsp3) is 0.211. The lowest BCUT2D eigenvalue weighted by molar-refractivity contribution is -0.129. The summed E-state index contributed by atoms with van der Waals surface area (Å²) in [6, 6.07) is 13.7. The molecule has 2 aromatic rings. The van der Waals surface area contributed by atoms with Gasteiger partial charge < -0.3 is 5.32 Å². The molecule has 1 N–H and O–H groups in total. The zero-order chi connectivity index (χ0) is 17.8. The number of imide groups is 1. The highest BCUT2D eigenvalue weighted by molar-refractivity contribution is 8.18. The Morgan fingerprint density at radius 3 is 2.72 bits per heavy atom. The molecule has 0 bridgehead atoms. The van der Waals surface area contributed by atoms with Crippen LogP contribution < -0.4 is 5.32 Å². The Kier molecular flexibility index (Phi) is 5.19. The molecule has 25 heavy (non-hydrogen) atoms. The first-order valence-corrected chi connectivity index (χ1v) is 8.91. The number of hydrogen-bond acceptors (Lipinski definition) is 4. The highest BCUT2D eigenvalue weighted by Crippen LogP contribution is 2.33. The molecule has 1 fully saturated rings. The van der Waals surface area contributed by atoms with Crippen molar-refractivity contribution in [3.63, 3.8) is 0 Å². The second-order valence-corrected chi connectivity index (χ2v) is 6.68.